The predicted molar refractivity (Wildman–Crippen MR) is 118 cm³/mol. The molecular formula is C24H27N3O3. The summed E-state index contributed by atoms with van der Waals surface area (Å²) in [5.74, 6) is 0.320. The van der Waals surface area contributed by atoms with Crippen molar-refractivity contribution in [2.45, 2.75) is 45.6 Å². The highest BCUT2D eigenvalue weighted by atomic mass is 16.5. The number of benzene rings is 2. The third-order valence-corrected chi connectivity index (χ3v) is 5.79. The summed E-state index contributed by atoms with van der Waals surface area (Å²) >= 11 is 0. The second-order valence-corrected chi connectivity index (χ2v) is 7.67. The van der Waals surface area contributed by atoms with Gasteiger partial charge in [0.25, 0.3) is 0 Å². The minimum atomic E-state index is -0.123. The second kappa shape index (κ2) is 8.61. The SMILES string of the molecule is COc1cc(/C(C)=N/NC(=O)CCn2c3c(c4ccccc42)CCCC3)ccc1O. The number of aromatic hydroxyl groups is 1. The van der Waals surface area contributed by atoms with E-state index in [0.29, 0.717) is 24.4 Å². The molecule has 0 saturated carbocycles. The molecule has 0 unspecified atom stereocenters. The lowest BCUT2D eigenvalue weighted by atomic mass is 9.95. The number of aromatic nitrogens is 1. The molecule has 1 heterocycles. The van der Waals surface area contributed by atoms with Gasteiger partial charge in [-0.15, -0.1) is 0 Å². The fourth-order valence-electron chi connectivity index (χ4n) is 4.23. The number of carbonyl (C=O) groups excluding carboxylic acids is 1. The van der Waals surface area contributed by atoms with Crippen LogP contribution in [0.25, 0.3) is 10.9 Å². The summed E-state index contributed by atoms with van der Waals surface area (Å²) in [5, 5.41) is 15.3. The van der Waals surface area contributed by atoms with Gasteiger partial charge in [-0.1, -0.05) is 18.2 Å². The molecule has 2 N–H and O–H groups in total. The molecule has 0 atom stereocenters. The molecule has 0 spiro atoms. The summed E-state index contributed by atoms with van der Waals surface area (Å²) in [6, 6.07) is 13.5. The number of hydrogen-bond donors (Lipinski definition) is 2. The van der Waals surface area contributed by atoms with Crippen molar-refractivity contribution in [1.29, 1.82) is 0 Å². The van der Waals surface area contributed by atoms with E-state index < -0.39 is 0 Å². The number of amides is 1. The average Bonchev–Trinajstić information content (AvgIpc) is 3.10. The Morgan fingerprint density at radius 1 is 1.20 bits per heavy atom. The highest BCUT2D eigenvalue weighted by Crippen LogP contribution is 2.32. The van der Waals surface area contributed by atoms with Gasteiger partial charge in [0.15, 0.2) is 11.5 Å². The summed E-state index contributed by atoms with van der Waals surface area (Å²) in [6.07, 6.45) is 4.99. The quantitative estimate of drug-likeness (QED) is 0.477. The van der Waals surface area contributed by atoms with Gasteiger partial charge in [0, 0.05) is 35.1 Å². The van der Waals surface area contributed by atoms with Gasteiger partial charge >= 0.3 is 0 Å². The molecule has 6 nitrogen and oxygen atoms in total. The normalized spacial score (nSPS) is 13.9. The lowest BCUT2D eigenvalue weighted by molar-refractivity contribution is -0.121. The molecule has 0 aliphatic heterocycles. The summed E-state index contributed by atoms with van der Waals surface area (Å²) in [4.78, 5) is 12.5. The Kier molecular flexibility index (Phi) is 5.74. The van der Waals surface area contributed by atoms with Crippen LogP contribution >= 0.6 is 0 Å². The average molecular weight is 405 g/mol. The maximum atomic E-state index is 12.5. The van der Waals surface area contributed by atoms with E-state index in [1.807, 2.05) is 6.92 Å². The number of fused-ring (bicyclic) bond motifs is 3. The molecule has 0 radical (unpaired) electrons. The van der Waals surface area contributed by atoms with Crippen LogP contribution < -0.4 is 10.2 Å². The summed E-state index contributed by atoms with van der Waals surface area (Å²) < 4.78 is 7.44. The summed E-state index contributed by atoms with van der Waals surface area (Å²) in [6.45, 7) is 2.45. The van der Waals surface area contributed by atoms with Crippen LogP contribution in [0.5, 0.6) is 11.5 Å². The number of carbonyl (C=O) groups is 1. The van der Waals surface area contributed by atoms with E-state index in [0.717, 1.165) is 18.4 Å². The van der Waals surface area contributed by atoms with E-state index in [-0.39, 0.29) is 11.7 Å². The Bertz CT molecular complexity index is 1110. The Balaban J connectivity index is 1.45. The van der Waals surface area contributed by atoms with E-state index in [9.17, 15) is 9.90 Å². The van der Waals surface area contributed by atoms with Crippen LogP contribution in [-0.2, 0) is 24.2 Å². The van der Waals surface area contributed by atoms with Crippen LogP contribution in [0.1, 0.15) is 43.0 Å². The van der Waals surface area contributed by atoms with E-state index in [1.54, 1.807) is 18.2 Å². The molecule has 3 aromatic rings. The molecule has 0 bridgehead atoms. The van der Waals surface area contributed by atoms with Gasteiger partial charge in [-0.3, -0.25) is 4.79 Å². The zero-order valence-electron chi connectivity index (χ0n) is 17.4. The molecular weight excluding hydrogens is 378 g/mol. The minimum absolute atomic E-state index is 0.0698. The van der Waals surface area contributed by atoms with Gasteiger partial charge in [0.05, 0.1) is 12.8 Å². The third-order valence-electron chi connectivity index (χ3n) is 5.79. The number of methoxy groups -OCH3 is 1. The standard InChI is InChI=1S/C24H27N3O3/c1-16(17-11-12-22(28)23(15-17)30-2)25-26-24(29)13-14-27-20-9-5-3-7-18(20)19-8-4-6-10-21(19)27/h3,5,7,9,11-12,15,28H,4,6,8,10,13-14H2,1-2H3,(H,26,29)/b25-16+. The van der Waals surface area contributed by atoms with Crippen molar-refractivity contribution in [2.75, 3.05) is 7.11 Å². The Hall–Kier alpha value is -3.28. The lowest BCUT2D eigenvalue weighted by Gasteiger charge is -2.15. The maximum absolute atomic E-state index is 12.5. The smallest absolute Gasteiger partial charge is 0.241 e. The van der Waals surface area contributed by atoms with Gasteiger partial charge in [-0.2, -0.15) is 5.10 Å². The number of aryl methyl sites for hydroxylation is 2. The van der Waals surface area contributed by atoms with Gasteiger partial charge < -0.3 is 14.4 Å². The topological polar surface area (TPSA) is 75.8 Å². The van der Waals surface area contributed by atoms with Crippen molar-refractivity contribution in [2.24, 2.45) is 5.10 Å². The van der Waals surface area contributed by atoms with Crippen LogP contribution in [0.15, 0.2) is 47.6 Å². The molecule has 2 aromatic carbocycles. The predicted octanol–water partition coefficient (Wildman–Crippen LogP) is 4.16. The number of hydrogen-bond acceptors (Lipinski definition) is 4. The first kappa shape index (κ1) is 20.0. The van der Waals surface area contributed by atoms with Crippen molar-refractivity contribution in [3.63, 3.8) is 0 Å². The first-order valence-electron chi connectivity index (χ1n) is 10.4. The molecule has 30 heavy (non-hydrogen) atoms. The van der Waals surface area contributed by atoms with Gasteiger partial charge in [0.1, 0.15) is 0 Å². The minimum Gasteiger partial charge on any atom is -0.504 e. The van der Waals surface area contributed by atoms with Crippen LogP contribution in [0.4, 0.5) is 0 Å². The fourth-order valence-corrected chi connectivity index (χ4v) is 4.23. The molecule has 0 saturated heterocycles. The molecule has 1 aromatic heterocycles. The van der Waals surface area contributed by atoms with Gasteiger partial charge in [0.2, 0.25) is 5.91 Å². The Morgan fingerprint density at radius 3 is 2.83 bits per heavy atom. The number of para-hydroxylation sites is 1. The van der Waals surface area contributed by atoms with E-state index in [2.05, 4.69) is 39.4 Å². The number of nitrogens with zero attached hydrogens (tertiary/aromatic N) is 2. The fraction of sp³-hybridized carbons (Fsp3) is 0.333. The van der Waals surface area contributed by atoms with Crippen LogP contribution in [0.3, 0.4) is 0 Å². The van der Waals surface area contributed by atoms with Crippen LogP contribution in [0, 0.1) is 0 Å². The van der Waals surface area contributed by atoms with E-state index >= 15 is 0 Å². The van der Waals surface area contributed by atoms with Crippen molar-refractivity contribution in [3.8, 4) is 11.5 Å². The summed E-state index contributed by atoms with van der Waals surface area (Å²) in [7, 11) is 1.50. The molecule has 6 heteroatoms. The third kappa shape index (κ3) is 3.90. The number of hydrazone groups is 1. The highest BCUT2D eigenvalue weighted by Gasteiger charge is 2.19. The largest absolute Gasteiger partial charge is 0.504 e. The van der Waals surface area contributed by atoms with Crippen LogP contribution in [-0.4, -0.2) is 28.4 Å². The molecule has 1 aliphatic rings. The summed E-state index contributed by atoms with van der Waals surface area (Å²) in [5.41, 5.74) is 8.12. The van der Waals surface area contributed by atoms with Crippen molar-refractivity contribution in [3.05, 3.63) is 59.3 Å². The number of rotatable bonds is 6. The first-order valence-corrected chi connectivity index (χ1v) is 10.4. The number of phenols is 1. The Morgan fingerprint density at radius 2 is 2.00 bits per heavy atom. The van der Waals surface area contributed by atoms with Crippen molar-refractivity contribution in [1.82, 2.24) is 9.99 Å². The second-order valence-electron chi connectivity index (χ2n) is 7.67. The molecule has 156 valence electrons. The zero-order chi connectivity index (χ0) is 21.1. The first-order chi connectivity index (χ1) is 14.6. The Labute approximate surface area is 176 Å². The van der Waals surface area contributed by atoms with Gasteiger partial charge in [-0.05, 0) is 62.4 Å². The monoisotopic (exact) mass is 405 g/mol. The molecule has 4 rings (SSSR count). The molecule has 1 aliphatic carbocycles. The zero-order valence-corrected chi connectivity index (χ0v) is 17.4. The molecule has 0 fully saturated rings. The van der Waals surface area contributed by atoms with Crippen molar-refractivity contribution < 1.29 is 14.6 Å². The highest BCUT2D eigenvalue weighted by molar-refractivity contribution is 5.99. The van der Waals surface area contributed by atoms with E-state index in [4.69, 9.17) is 4.74 Å². The number of phenolic OH excluding ortho intramolecular Hbond substituents is 1. The van der Waals surface area contributed by atoms with Crippen LogP contribution in [0.2, 0.25) is 0 Å². The van der Waals surface area contributed by atoms with E-state index in [1.165, 1.54) is 42.1 Å². The maximum Gasteiger partial charge on any atom is 0.241 e. The molecule has 1 amide bonds. The van der Waals surface area contributed by atoms with Crippen molar-refractivity contribution >= 4 is 22.5 Å². The van der Waals surface area contributed by atoms with Gasteiger partial charge in [-0.25, -0.2) is 5.43 Å². The number of ether oxygens (including phenoxy) is 1. The number of nitrogens with one attached hydrogen (secondary N) is 1. The lowest BCUT2D eigenvalue weighted by Crippen LogP contribution is -2.21.